The number of aromatic amines is 1. The van der Waals surface area contributed by atoms with Crippen LogP contribution in [0.25, 0.3) is 10.9 Å². The van der Waals surface area contributed by atoms with Gasteiger partial charge in [-0.15, -0.1) is 11.6 Å². The maximum atomic E-state index is 14.0. The second-order valence-corrected chi connectivity index (χ2v) is 10.1. The molecule has 12 heteroatoms. The summed E-state index contributed by atoms with van der Waals surface area (Å²) in [6.45, 7) is 8.44. The summed E-state index contributed by atoms with van der Waals surface area (Å²) in [7, 11) is 4.46. The van der Waals surface area contributed by atoms with Crippen LogP contribution in [0.1, 0.15) is 23.3 Å². The van der Waals surface area contributed by atoms with Gasteiger partial charge in [-0.1, -0.05) is 0 Å². The van der Waals surface area contributed by atoms with Crippen LogP contribution in [-0.2, 0) is 9.47 Å². The smallest absolute Gasteiger partial charge is 0.255 e. The zero-order valence-corrected chi connectivity index (χ0v) is 23.3. The number of benzene rings is 1. The summed E-state index contributed by atoms with van der Waals surface area (Å²) in [6.07, 6.45) is 1.46. The van der Waals surface area contributed by atoms with Crippen molar-refractivity contribution in [2.75, 3.05) is 66.7 Å². The summed E-state index contributed by atoms with van der Waals surface area (Å²) in [5, 5.41) is 12.7. The predicted molar refractivity (Wildman–Crippen MR) is 146 cm³/mol. The molecule has 2 heterocycles. The number of carbonyl (C=O) groups is 1. The molecule has 2 aromatic rings. The highest BCUT2D eigenvalue weighted by Crippen LogP contribution is 2.46. The van der Waals surface area contributed by atoms with Gasteiger partial charge in [0.2, 0.25) is 5.75 Å². The number of alkyl halides is 1. The first-order chi connectivity index (χ1) is 18.8. The molecule has 213 valence electrons. The zero-order valence-electron chi connectivity index (χ0n) is 22.5. The maximum Gasteiger partial charge on any atom is 0.255 e. The Morgan fingerprint density at radius 3 is 2.56 bits per heavy atom. The normalized spacial score (nSPS) is 23.9. The van der Waals surface area contributed by atoms with Crippen molar-refractivity contribution < 1.29 is 33.4 Å². The number of ether oxygens (including phenoxy) is 5. The van der Waals surface area contributed by atoms with E-state index < -0.39 is 28.1 Å². The van der Waals surface area contributed by atoms with E-state index in [-0.39, 0.29) is 23.7 Å². The van der Waals surface area contributed by atoms with E-state index in [4.69, 9.17) is 35.3 Å². The third-order valence-electron chi connectivity index (χ3n) is 7.41. The lowest BCUT2D eigenvalue weighted by Crippen LogP contribution is -2.49. The van der Waals surface area contributed by atoms with Gasteiger partial charge in [-0.3, -0.25) is 19.8 Å². The lowest BCUT2D eigenvalue weighted by Gasteiger charge is -2.41. The van der Waals surface area contributed by atoms with Crippen molar-refractivity contribution in [1.29, 1.82) is 0 Å². The number of hydrogen-bond donors (Lipinski definition) is 1. The summed E-state index contributed by atoms with van der Waals surface area (Å²) in [5.41, 5.74) is -0.473. The minimum absolute atomic E-state index is 0.0708. The minimum Gasteiger partial charge on any atom is -0.493 e. The van der Waals surface area contributed by atoms with Crippen LogP contribution in [0, 0.1) is 28.4 Å². The lowest BCUT2D eigenvalue weighted by molar-refractivity contribution is -0.436. The Labute approximate surface area is 232 Å². The number of Topliss-reactive ketones (excluding diaryl/α,β-unsaturated/α-hetero) is 1. The van der Waals surface area contributed by atoms with Crippen LogP contribution >= 0.6 is 11.6 Å². The first-order valence-electron chi connectivity index (χ1n) is 12.8. The van der Waals surface area contributed by atoms with Gasteiger partial charge in [-0.05, 0) is 38.0 Å². The molecule has 1 aliphatic carbocycles. The molecule has 0 bridgehead atoms. The van der Waals surface area contributed by atoms with Gasteiger partial charge in [0, 0.05) is 42.9 Å². The number of ketones is 1. The molecule has 3 atom stereocenters. The molecule has 1 saturated heterocycles. The van der Waals surface area contributed by atoms with Gasteiger partial charge in [0.25, 0.3) is 5.70 Å². The summed E-state index contributed by atoms with van der Waals surface area (Å²) in [5.74, 6) is -0.508. The molecule has 4 rings (SSSR count). The third kappa shape index (κ3) is 5.86. The molecular weight excluding hydrogens is 530 g/mol. The number of H-pyrrole nitrogens is 1. The van der Waals surface area contributed by atoms with E-state index in [0.717, 1.165) is 19.6 Å². The van der Waals surface area contributed by atoms with E-state index in [9.17, 15) is 14.9 Å². The molecule has 0 saturated carbocycles. The number of nitrogens with one attached hydrogen (secondary N) is 1. The molecule has 3 unspecified atom stereocenters. The number of carbonyl (C=O) groups excluding carboxylic acids is 1. The number of allylic oxidation sites excluding steroid dienone is 1. The number of morpholine rings is 1. The number of methoxy groups -OCH3 is 3. The second kappa shape index (κ2) is 12.5. The van der Waals surface area contributed by atoms with E-state index in [1.165, 1.54) is 27.4 Å². The second-order valence-electron chi connectivity index (χ2n) is 9.82. The number of fused-ring (bicyclic) bond motifs is 1. The Bertz CT molecular complexity index is 1230. The average molecular weight is 565 g/mol. The Hall–Kier alpha value is -2.86. The highest BCUT2D eigenvalue weighted by molar-refractivity contribution is 6.18. The maximum absolute atomic E-state index is 14.0. The van der Waals surface area contributed by atoms with Crippen molar-refractivity contribution in [2.24, 2.45) is 11.3 Å². The minimum atomic E-state index is -1.21. The molecular formula is C27H35ClN3O8. The first kappa shape index (κ1) is 29.1. The van der Waals surface area contributed by atoms with Gasteiger partial charge in [-0.25, -0.2) is 0 Å². The molecule has 1 N–H and O–H groups in total. The van der Waals surface area contributed by atoms with Crippen molar-refractivity contribution in [2.45, 2.75) is 18.9 Å². The highest BCUT2D eigenvalue weighted by Gasteiger charge is 2.52. The van der Waals surface area contributed by atoms with Gasteiger partial charge in [-0.2, -0.15) is 0 Å². The molecule has 2 aliphatic rings. The van der Waals surface area contributed by atoms with Crippen LogP contribution in [0.15, 0.2) is 23.9 Å². The predicted octanol–water partition coefficient (Wildman–Crippen LogP) is 3.72. The molecule has 11 nitrogen and oxygen atoms in total. The Balaban J connectivity index is 1.67. The lowest BCUT2D eigenvalue weighted by atomic mass is 9.69. The van der Waals surface area contributed by atoms with Crippen LogP contribution in [0.3, 0.4) is 0 Å². The highest BCUT2D eigenvalue weighted by atomic mass is 35.5. The van der Waals surface area contributed by atoms with Crippen molar-refractivity contribution in [3.63, 3.8) is 0 Å². The Morgan fingerprint density at radius 1 is 1.23 bits per heavy atom. The van der Waals surface area contributed by atoms with Crippen molar-refractivity contribution in [3.05, 3.63) is 46.6 Å². The first-order valence-corrected chi connectivity index (χ1v) is 13.3. The van der Waals surface area contributed by atoms with E-state index in [1.807, 2.05) is 0 Å². The fourth-order valence-corrected chi connectivity index (χ4v) is 5.55. The summed E-state index contributed by atoms with van der Waals surface area (Å²) >= 11 is 6.34. The molecule has 0 spiro atoms. The molecule has 0 amide bonds. The van der Waals surface area contributed by atoms with E-state index in [1.54, 1.807) is 12.1 Å². The molecule has 1 radical (unpaired) electrons. The van der Waals surface area contributed by atoms with E-state index in [2.05, 4.69) is 16.8 Å². The topological polar surface area (TPSA) is 125 Å². The van der Waals surface area contributed by atoms with Gasteiger partial charge >= 0.3 is 0 Å². The fraction of sp³-hybridized carbons (Fsp3) is 0.556. The molecule has 1 aromatic heterocycles. The summed E-state index contributed by atoms with van der Waals surface area (Å²) < 4.78 is 28.1. The van der Waals surface area contributed by atoms with Crippen molar-refractivity contribution in [3.8, 4) is 17.2 Å². The molecule has 39 heavy (non-hydrogen) atoms. The SMILES string of the molecule is [CH2]C1(CCl)CC=C([N+](=O)[O-])C(C(=O)c2cc3cc(OC)c(OC)c(OC)c3[nH]2)C1OCCCN1CCOCC1. The van der Waals surface area contributed by atoms with E-state index >= 15 is 0 Å². The molecule has 1 aliphatic heterocycles. The number of rotatable bonds is 12. The van der Waals surface area contributed by atoms with Crippen LogP contribution in [-0.4, -0.2) is 93.4 Å². The van der Waals surface area contributed by atoms with Gasteiger partial charge in [0.1, 0.15) is 5.92 Å². The van der Waals surface area contributed by atoms with Crippen molar-refractivity contribution in [1.82, 2.24) is 9.88 Å². The largest absolute Gasteiger partial charge is 0.493 e. The Morgan fingerprint density at radius 2 is 1.95 bits per heavy atom. The van der Waals surface area contributed by atoms with Crippen LogP contribution in [0.5, 0.6) is 17.2 Å². The van der Waals surface area contributed by atoms with Gasteiger partial charge in [0.05, 0.1) is 56.8 Å². The number of halogens is 1. The number of aromatic nitrogens is 1. The quantitative estimate of drug-likeness (QED) is 0.135. The monoisotopic (exact) mass is 564 g/mol. The molecule has 1 fully saturated rings. The van der Waals surface area contributed by atoms with Crippen molar-refractivity contribution >= 4 is 28.3 Å². The van der Waals surface area contributed by atoms with E-state index in [0.29, 0.717) is 54.4 Å². The molecule has 1 aromatic carbocycles. The Kier molecular flexibility index (Phi) is 9.37. The van der Waals surface area contributed by atoms with Crippen LogP contribution in [0.2, 0.25) is 0 Å². The fourth-order valence-electron chi connectivity index (χ4n) is 5.29. The summed E-state index contributed by atoms with van der Waals surface area (Å²) in [6, 6.07) is 3.33. The summed E-state index contributed by atoms with van der Waals surface area (Å²) in [4.78, 5) is 31.0. The van der Waals surface area contributed by atoms with Gasteiger partial charge < -0.3 is 28.7 Å². The number of nitrogens with zero attached hydrogens (tertiary/aromatic N) is 2. The number of hydrogen-bond acceptors (Lipinski definition) is 9. The van der Waals surface area contributed by atoms with Crippen LogP contribution < -0.4 is 14.2 Å². The van der Waals surface area contributed by atoms with Crippen LogP contribution in [0.4, 0.5) is 0 Å². The average Bonchev–Trinajstić information content (AvgIpc) is 3.38. The van der Waals surface area contributed by atoms with Gasteiger partial charge in [0.15, 0.2) is 17.3 Å². The standard InChI is InChI=1S/C27H35ClN3O8/c1-27(16-28)7-6-19(31(33)34)21(26(27)39-11-5-8-30-9-12-38-13-10-30)23(32)18-14-17-15-20(35-2)24(36-3)25(37-4)22(17)29-18/h6,14-15,21,26,29H,1,5,7-13,16H2,2-4H3. The number of nitro groups is 1. The zero-order chi connectivity index (χ0) is 28.2. The third-order valence-corrected chi connectivity index (χ3v) is 7.94.